The fraction of sp³-hybridized carbons (Fsp3) is 0.471. The first kappa shape index (κ1) is 17.1. The number of nitrogens with one attached hydrogen (secondary N) is 2. The summed E-state index contributed by atoms with van der Waals surface area (Å²) in [5.41, 5.74) is 0.334. The molecule has 0 atom stereocenters. The van der Waals surface area contributed by atoms with Gasteiger partial charge in [-0.3, -0.25) is 9.59 Å². The maximum absolute atomic E-state index is 12.0. The van der Waals surface area contributed by atoms with Crippen LogP contribution >= 0.6 is 0 Å². The molecule has 2 N–H and O–H groups in total. The fourth-order valence-electron chi connectivity index (χ4n) is 2.24. The van der Waals surface area contributed by atoms with Gasteiger partial charge in [-0.05, 0) is 18.4 Å². The molecule has 0 fully saturated rings. The molecule has 0 aliphatic rings. The van der Waals surface area contributed by atoms with Gasteiger partial charge in [-0.2, -0.15) is 5.10 Å². The van der Waals surface area contributed by atoms with E-state index in [0.717, 1.165) is 13.0 Å². The van der Waals surface area contributed by atoms with Gasteiger partial charge in [-0.1, -0.05) is 32.0 Å². The molecule has 1 aromatic carbocycles. The summed E-state index contributed by atoms with van der Waals surface area (Å²) in [6.07, 6.45) is 0.919. The van der Waals surface area contributed by atoms with E-state index in [2.05, 4.69) is 29.4 Å². The molecule has 1 amide bonds. The van der Waals surface area contributed by atoms with E-state index in [4.69, 9.17) is 4.74 Å². The summed E-state index contributed by atoms with van der Waals surface area (Å²) < 4.78 is 5.46. The predicted octanol–water partition coefficient (Wildman–Crippen LogP) is 1.64. The Labute approximate surface area is 135 Å². The Morgan fingerprint density at radius 3 is 2.78 bits per heavy atom. The molecular formula is C17H23N3O3. The molecule has 0 spiro atoms. The average molecular weight is 317 g/mol. The third-order valence-electron chi connectivity index (χ3n) is 3.34. The topological polar surface area (TPSA) is 84.1 Å². The minimum Gasteiger partial charge on any atom is -0.381 e. The van der Waals surface area contributed by atoms with Gasteiger partial charge in [-0.15, -0.1) is 0 Å². The highest BCUT2D eigenvalue weighted by atomic mass is 16.5. The van der Waals surface area contributed by atoms with Crippen molar-refractivity contribution in [3.8, 4) is 0 Å². The van der Waals surface area contributed by atoms with E-state index in [1.807, 2.05) is 6.07 Å². The lowest BCUT2D eigenvalue weighted by Gasteiger charge is -2.08. The van der Waals surface area contributed by atoms with Gasteiger partial charge in [-0.25, -0.2) is 5.10 Å². The van der Waals surface area contributed by atoms with Gasteiger partial charge in [0.25, 0.3) is 5.56 Å². The lowest BCUT2D eigenvalue weighted by atomic mass is 10.1. The molecule has 0 aliphatic carbocycles. The van der Waals surface area contributed by atoms with Crippen LogP contribution in [0, 0.1) is 5.92 Å². The molecule has 6 nitrogen and oxygen atoms in total. The summed E-state index contributed by atoms with van der Waals surface area (Å²) in [5.74, 6) is 0.405. The molecule has 0 saturated heterocycles. The number of hydrogen-bond donors (Lipinski definition) is 2. The minimum absolute atomic E-state index is 0.112. The third kappa shape index (κ3) is 5.17. The van der Waals surface area contributed by atoms with Crippen LogP contribution in [0.2, 0.25) is 0 Å². The number of ether oxygens (including phenoxy) is 1. The molecule has 2 aromatic rings. The van der Waals surface area contributed by atoms with Gasteiger partial charge in [0.1, 0.15) is 0 Å². The van der Waals surface area contributed by atoms with E-state index in [1.165, 1.54) is 0 Å². The van der Waals surface area contributed by atoms with E-state index in [1.54, 1.807) is 18.2 Å². The van der Waals surface area contributed by atoms with Crippen LogP contribution in [0.1, 0.15) is 26.0 Å². The third-order valence-corrected chi connectivity index (χ3v) is 3.34. The Hall–Kier alpha value is -2.21. The summed E-state index contributed by atoms with van der Waals surface area (Å²) in [7, 11) is 0. The number of H-pyrrole nitrogens is 1. The molecule has 0 aliphatic heterocycles. The molecule has 124 valence electrons. The number of benzene rings is 1. The fourth-order valence-corrected chi connectivity index (χ4v) is 2.24. The Kier molecular flexibility index (Phi) is 6.29. The monoisotopic (exact) mass is 317 g/mol. The summed E-state index contributed by atoms with van der Waals surface area (Å²) in [6, 6.07) is 7.15. The second-order valence-electron chi connectivity index (χ2n) is 5.89. The van der Waals surface area contributed by atoms with Crippen molar-refractivity contribution in [2.45, 2.75) is 26.7 Å². The van der Waals surface area contributed by atoms with Crippen LogP contribution in [0.3, 0.4) is 0 Å². The van der Waals surface area contributed by atoms with Gasteiger partial charge in [0.05, 0.1) is 17.5 Å². The van der Waals surface area contributed by atoms with Gasteiger partial charge < -0.3 is 10.1 Å². The maximum Gasteiger partial charge on any atom is 0.272 e. The van der Waals surface area contributed by atoms with Crippen molar-refractivity contribution in [3.05, 3.63) is 40.3 Å². The van der Waals surface area contributed by atoms with Crippen LogP contribution in [0.15, 0.2) is 29.1 Å². The predicted molar refractivity (Wildman–Crippen MR) is 89.4 cm³/mol. The van der Waals surface area contributed by atoms with Crippen molar-refractivity contribution in [2.75, 3.05) is 19.8 Å². The first-order chi connectivity index (χ1) is 11.1. The summed E-state index contributed by atoms with van der Waals surface area (Å²) >= 11 is 0. The lowest BCUT2D eigenvalue weighted by Crippen LogP contribution is -2.28. The molecular weight excluding hydrogens is 294 g/mol. The molecule has 0 radical (unpaired) electrons. The van der Waals surface area contributed by atoms with Gasteiger partial charge >= 0.3 is 0 Å². The highest BCUT2D eigenvalue weighted by Crippen LogP contribution is 2.12. The van der Waals surface area contributed by atoms with Crippen molar-refractivity contribution in [2.24, 2.45) is 5.92 Å². The zero-order valence-corrected chi connectivity index (χ0v) is 13.6. The molecule has 2 rings (SSSR count). The van der Waals surface area contributed by atoms with Crippen molar-refractivity contribution in [1.82, 2.24) is 15.5 Å². The average Bonchev–Trinajstić information content (AvgIpc) is 2.53. The normalized spacial score (nSPS) is 11.1. The van der Waals surface area contributed by atoms with E-state index in [9.17, 15) is 9.59 Å². The molecule has 6 heteroatoms. The highest BCUT2D eigenvalue weighted by molar-refractivity contribution is 5.88. The van der Waals surface area contributed by atoms with Gasteiger partial charge in [0, 0.05) is 25.1 Å². The Balaban J connectivity index is 1.84. The Morgan fingerprint density at radius 2 is 2.04 bits per heavy atom. The van der Waals surface area contributed by atoms with Gasteiger partial charge in [0.2, 0.25) is 5.91 Å². The summed E-state index contributed by atoms with van der Waals surface area (Å²) in [5, 5.41) is 10.5. The zero-order valence-electron chi connectivity index (χ0n) is 13.6. The van der Waals surface area contributed by atoms with Crippen LogP contribution < -0.4 is 10.9 Å². The van der Waals surface area contributed by atoms with E-state index in [-0.39, 0.29) is 17.9 Å². The number of nitrogens with zero attached hydrogens (tertiary/aromatic N) is 1. The molecule has 0 unspecified atom stereocenters. The van der Waals surface area contributed by atoms with Crippen LogP contribution in [-0.4, -0.2) is 35.9 Å². The Morgan fingerprint density at radius 1 is 1.30 bits per heavy atom. The van der Waals surface area contributed by atoms with E-state index < -0.39 is 0 Å². The lowest BCUT2D eigenvalue weighted by molar-refractivity contribution is -0.120. The quantitative estimate of drug-likeness (QED) is 0.725. The summed E-state index contributed by atoms with van der Waals surface area (Å²) in [4.78, 5) is 23.7. The molecule has 0 saturated carbocycles. The second-order valence-corrected chi connectivity index (χ2v) is 5.89. The second kappa shape index (κ2) is 8.43. The van der Waals surface area contributed by atoms with Crippen LogP contribution in [0.25, 0.3) is 10.8 Å². The number of amides is 1. The molecule has 0 bridgehead atoms. The molecule has 1 aromatic heterocycles. The van der Waals surface area contributed by atoms with Crippen LogP contribution in [0.4, 0.5) is 0 Å². The van der Waals surface area contributed by atoms with Crippen LogP contribution in [-0.2, 0) is 16.0 Å². The number of aromatic amines is 1. The van der Waals surface area contributed by atoms with Crippen molar-refractivity contribution in [1.29, 1.82) is 0 Å². The van der Waals surface area contributed by atoms with Crippen molar-refractivity contribution < 1.29 is 9.53 Å². The van der Waals surface area contributed by atoms with Crippen molar-refractivity contribution >= 4 is 16.7 Å². The minimum atomic E-state index is -0.243. The first-order valence-electron chi connectivity index (χ1n) is 7.88. The number of hydrogen-bond acceptors (Lipinski definition) is 4. The largest absolute Gasteiger partial charge is 0.381 e. The van der Waals surface area contributed by atoms with E-state index >= 15 is 0 Å². The number of carbonyl (C=O) groups excluding carboxylic acids is 1. The van der Waals surface area contributed by atoms with Crippen molar-refractivity contribution in [3.63, 3.8) is 0 Å². The standard InChI is InChI=1S/C17H23N3O3/c1-12(2)11-23-9-5-8-18-16(21)10-15-13-6-3-4-7-14(13)17(22)20-19-15/h3-4,6-7,12H,5,8-11H2,1-2H3,(H,18,21)(H,20,22). The number of rotatable bonds is 8. The number of fused-ring (bicyclic) bond motifs is 1. The maximum atomic E-state index is 12.0. The van der Waals surface area contributed by atoms with Crippen LogP contribution in [0.5, 0.6) is 0 Å². The zero-order chi connectivity index (χ0) is 16.7. The highest BCUT2D eigenvalue weighted by Gasteiger charge is 2.10. The van der Waals surface area contributed by atoms with E-state index in [0.29, 0.717) is 35.5 Å². The number of carbonyl (C=O) groups is 1. The van der Waals surface area contributed by atoms with Gasteiger partial charge in [0.15, 0.2) is 0 Å². The Bertz CT molecular complexity index is 710. The number of aromatic nitrogens is 2. The first-order valence-corrected chi connectivity index (χ1v) is 7.88. The summed E-state index contributed by atoms with van der Waals surface area (Å²) in [6.45, 7) is 6.14. The molecule has 23 heavy (non-hydrogen) atoms. The SMILES string of the molecule is CC(C)COCCCNC(=O)Cc1n[nH]c(=O)c2ccccc12. The molecule has 1 heterocycles. The smallest absolute Gasteiger partial charge is 0.272 e.